The lowest BCUT2D eigenvalue weighted by Gasteiger charge is -2.22. The number of aliphatic carboxylic acids is 1. The normalized spacial score (nSPS) is 12.8. The lowest BCUT2D eigenvalue weighted by Crippen LogP contribution is -2.48. The summed E-state index contributed by atoms with van der Waals surface area (Å²) < 4.78 is 6.88. The Morgan fingerprint density at radius 2 is 1.61 bits per heavy atom. The molecule has 10 heteroatoms. The van der Waals surface area contributed by atoms with Crippen molar-refractivity contribution < 1.29 is 24.2 Å². The Hall–Kier alpha value is -4.96. The van der Waals surface area contributed by atoms with Crippen LogP contribution in [0.15, 0.2) is 91.3 Å². The number of hydrogen-bond acceptors (Lipinski definition) is 6. The summed E-state index contributed by atoms with van der Waals surface area (Å²) in [6.45, 7) is 0.637. The molecule has 1 atom stereocenters. The maximum absolute atomic E-state index is 12.6. The number of ether oxygens (including phenoxy) is 1. The predicted octanol–water partition coefficient (Wildman–Crippen LogP) is 3.95. The summed E-state index contributed by atoms with van der Waals surface area (Å²) in [5.41, 5.74) is 5.91. The summed E-state index contributed by atoms with van der Waals surface area (Å²) >= 11 is 0. The molecule has 4 aromatic rings. The van der Waals surface area contributed by atoms with Crippen molar-refractivity contribution >= 4 is 23.7 Å². The smallest absolute Gasteiger partial charge is 0.411 e. The molecule has 0 spiro atoms. The molecule has 0 saturated carbocycles. The third-order valence-corrected chi connectivity index (χ3v) is 6.95. The van der Waals surface area contributed by atoms with Gasteiger partial charge in [0.25, 0.3) is 0 Å². The van der Waals surface area contributed by atoms with Gasteiger partial charge in [-0.3, -0.25) is 19.7 Å². The lowest BCUT2D eigenvalue weighted by molar-refractivity contribution is -0.142. The molecule has 1 aromatic heterocycles. The van der Waals surface area contributed by atoms with Crippen LogP contribution in [0.5, 0.6) is 0 Å². The molecule has 3 aromatic carbocycles. The molecule has 210 valence electrons. The molecule has 1 aliphatic rings. The summed E-state index contributed by atoms with van der Waals surface area (Å²) in [5.74, 6) is -1.70. The van der Waals surface area contributed by atoms with E-state index in [1.54, 1.807) is 7.05 Å². The number of hydrogen-bond donors (Lipinski definition) is 3. The van der Waals surface area contributed by atoms with Crippen LogP contribution >= 0.6 is 0 Å². The topological polar surface area (TPSA) is 126 Å². The van der Waals surface area contributed by atoms with Crippen LogP contribution in [-0.4, -0.2) is 64.0 Å². The average molecular weight is 554 g/mol. The molecule has 3 N–H and O–H groups in total. The summed E-state index contributed by atoms with van der Waals surface area (Å²) in [6.07, 6.45) is 2.25. The molecule has 1 aliphatic carbocycles. The number of carbonyl (C=O) groups is 3. The largest absolute Gasteiger partial charge is 0.480 e. The maximum atomic E-state index is 12.6. The van der Waals surface area contributed by atoms with Crippen molar-refractivity contribution in [2.24, 2.45) is 0 Å². The highest BCUT2D eigenvalue weighted by Gasteiger charge is 2.29. The van der Waals surface area contributed by atoms with Gasteiger partial charge < -0.3 is 15.2 Å². The van der Waals surface area contributed by atoms with Crippen molar-refractivity contribution in [3.8, 4) is 11.1 Å². The van der Waals surface area contributed by atoms with Gasteiger partial charge in [0.05, 0.1) is 11.9 Å². The Labute approximate surface area is 237 Å². The Kier molecular flexibility index (Phi) is 8.40. The number of carbonyl (C=O) groups excluding carboxylic acids is 2. The molecule has 10 nitrogen and oxygen atoms in total. The number of likely N-dealkylation sites (N-methyl/N-ethyl adjacent to an activating group) is 1. The number of carboxylic acids is 1. The Bertz CT molecular complexity index is 1490. The average Bonchev–Trinajstić information content (AvgIpc) is 3.53. The van der Waals surface area contributed by atoms with Gasteiger partial charge in [0.1, 0.15) is 19.2 Å². The van der Waals surface area contributed by atoms with Crippen LogP contribution in [0.25, 0.3) is 11.1 Å². The van der Waals surface area contributed by atoms with E-state index in [0.717, 1.165) is 27.8 Å². The highest BCUT2D eigenvalue weighted by atomic mass is 16.5. The first-order chi connectivity index (χ1) is 19.9. The quantitative estimate of drug-likeness (QED) is 0.257. The second-order valence-corrected chi connectivity index (χ2v) is 10.0. The number of aromatic nitrogens is 2. The van der Waals surface area contributed by atoms with Crippen LogP contribution in [0.1, 0.15) is 22.6 Å². The van der Waals surface area contributed by atoms with E-state index in [4.69, 9.17) is 4.74 Å². The number of amides is 2. The second-order valence-electron chi connectivity index (χ2n) is 10.0. The van der Waals surface area contributed by atoms with E-state index in [-0.39, 0.29) is 25.6 Å². The van der Waals surface area contributed by atoms with E-state index in [2.05, 4.69) is 27.9 Å². The maximum Gasteiger partial charge on any atom is 0.411 e. The SMILES string of the molecule is CN(Cc1ccccc1)CC(NC(=O)Cn1cc(NC(=O)OCC2c3ccccc3-c3ccccc32)cn1)C(=O)O. The van der Waals surface area contributed by atoms with Gasteiger partial charge in [-0.15, -0.1) is 0 Å². The third-order valence-electron chi connectivity index (χ3n) is 6.95. The molecule has 2 amide bonds. The van der Waals surface area contributed by atoms with E-state index in [1.165, 1.54) is 17.1 Å². The van der Waals surface area contributed by atoms with Crippen LogP contribution in [-0.2, 0) is 27.4 Å². The minimum absolute atomic E-state index is 0.0616. The summed E-state index contributed by atoms with van der Waals surface area (Å²) in [4.78, 5) is 38.7. The minimum atomic E-state index is -1.13. The molecule has 0 saturated heterocycles. The first kappa shape index (κ1) is 27.6. The number of carboxylic acid groups (broad SMARTS) is 1. The van der Waals surface area contributed by atoms with Gasteiger partial charge in [-0.1, -0.05) is 78.9 Å². The van der Waals surface area contributed by atoms with Crippen LogP contribution in [0.4, 0.5) is 10.5 Å². The highest BCUT2D eigenvalue weighted by molar-refractivity contribution is 5.85. The Morgan fingerprint density at radius 1 is 0.976 bits per heavy atom. The first-order valence-corrected chi connectivity index (χ1v) is 13.3. The zero-order valence-corrected chi connectivity index (χ0v) is 22.6. The van der Waals surface area contributed by atoms with Crippen molar-refractivity contribution in [1.29, 1.82) is 0 Å². The second kappa shape index (κ2) is 12.5. The van der Waals surface area contributed by atoms with E-state index >= 15 is 0 Å². The van der Waals surface area contributed by atoms with Crippen LogP contribution in [0, 0.1) is 0 Å². The van der Waals surface area contributed by atoms with E-state index in [9.17, 15) is 19.5 Å². The molecule has 0 radical (unpaired) electrons. The fourth-order valence-electron chi connectivity index (χ4n) is 5.11. The van der Waals surface area contributed by atoms with Gasteiger partial charge >= 0.3 is 12.1 Å². The molecule has 0 fully saturated rings. The van der Waals surface area contributed by atoms with Crippen molar-refractivity contribution in [2.45, 2.75) is 25.0 Å². The molecule has 0 bridgehead atoms. The lowest BCUT2D eigenvalue weighted by atomic mass is 9.98. The number of anilines is 1. The fraction of sp³-hybridized carbons (Fsp3) is 0.226. The van der Waals surface area contributed by atoms with Crippen molar-refractivity contribution in [3.05, 3.63) is 108 Å². The molecule has 0 aliphatic heterocycles. The van der Waals surface area contributed by atoms with Gasteiger partial charge in [-0.2, -0.15) is 5.10 Å². The van der Waals surface area contributed by atoms with Crippen molar-refractivity contribution in [3.63, 3.8) is 0 Å². The number of nitrogens with zero attached hydrogens (tertiary/aromatic N) is 3. The number of nitrogens with one attached hydrogen (secondary N) is 2. The molecule has 1 heterocycles. The van der Waals surface area contributed by atoms with E-state index in [0.29, 0.717) is 12.2 Å². The summed E-state index contributed by atoms with van der Waals surface area (Å²) in [7, 11) is 1.80. The minimum Gasteiger partial charge on any atom is -0.480 e. The van der Waals surface area contributed by atoms with Crippen molar-refractivity contribution in [2.75, 3.05) is 25.5 Å². The van der Waals surface area contributed by atoms with Crippen LogP contribution in [0.2, 0.25) is 0 Å². The van der Waals surface area contributed by atoms with E-state index < -0.39 is 24.0 Å². The number of benzene rings is 3. The summed E-state index contributed by atoms with van der Waals surface area (Å²) in [6, 6.07) is 24.7. The number of fused-ring (bicyclic) bond motifs is 3. The first-order valence-electron chi connectivity index (χ1n) is 13.3. The predicted molar refractivity (Wildman–Crippen MR) is 153 cm³/mol. The zero-order chi connectivity index (χ0) is 28.8. The van der Waals surface area contributed by atoms with Gasteiger partial charge in [-0.05, 0) is 34.9 Å². The van der Waals surface area contributed by atoms with Crippen molar-refractivity contribution in [1.82, 2.24) is 20.0 Å². The van der Waals surface area contributed by atoms with Crippen LogP contribution < -0.4 is 10.6 Å². The van der Waals surface area contributed by atoms with Gasteiger partial charge in [-0.25, -0.2) is 9.59 Å². The Balaban J connectivity index is 1.11. The zero-order valence-electron chi connectivity index (χ0n) is 22.6. The van der Waals surface area contributed by atoms with E-state index in [1.807, 2.05) is 71.6 Å². The Morgan fingerprint density at radius 3 is 2.27 bits per heavy atom. The molecular formula is C31H31N5O5. The summed E-state index contributed by atoms with van der Waals surface area (Å²) in [5, 5.41) is 18.9. The van der Waals surface area contributed by atoms with Gasteiger partial charge in [0.15, 0.2) is 0 Å². The molecule has 41 heavy (non-hydrogen) atoms. The number of rotatable bonds is 11. The molecule has 5 rings (SSSR count). The third kappa shape index (κ3) is 6.79. The van der Waals surface area contributed by atoms with Gasteiger partial charge in [0.2, 0.25) is 5.91 Å². The van der Waals surface area contributed by atoms with Gasteiger partial charge in [0, 0.05) is 25.2 Å². The molecular weight excluding hydrogens is 522 g/mol. The monoisotopic (exact) mass is 553 g/mol. The standard InChI is InChI=1S/C31H31N5O5/c1-35(16-21-9-3-2-4-10-21)18-28(30(38)39)34-29(37)19-36-17-22(15-32-36)33-31(40)41-20-27-25-13-7-5-11-23(25)24-12-6-8-14-26(24)27/h2-15,17,27-28H,16,18-20H2,1H3,(H,33,40)(H,34,37)(H,38,39). The fourth-order valence-corrected chi connectivity index (χ4v) is 5.11. The van der Waals surface area contributed by atoms with Crippen LogP contribution in [0.3, 0.4) is 0 Å². The molecule has 1 unspecified atom stereocenters. The highest BCUT2D eigenvalue weighted by Crippen LogP contribution is 2.44.